The molecular weight excluding hydrogens is 296 g/mol. The average molecular weight is 305 g/mol. The van der Waals surface area contributed by atoms with Crippen LogP contribution in [0.15, 0.2) is 56.7 Å². The summed E-state index contributed by atoms with van der Waals surface area (Å²) < 4.78 is 0.805. The highest BCUT2D eigenvalue weighted by molar-refractivity contribution is 9.10. The Morgan fingerprint density at radius 3 is 2.47 bits per heavy atom. The van der Waals surface area contributed by atoms with Gasteiger partial charge in [0.1, 0.15) is 6.07 Å². The third kappa shape index (κ3) is 2.63. The van der Waals surface area contributed by atoms with E-state index < -0.39 is 0 Å². The van der Waals surface area contributed by atoms with Gasteiger partial charge < -0.3 is 5.73 Å². The van der Waals surface area contributed by atoms with Gasteiger partial charge in [-0.05, 0) is 40.2 Å². The van der Waals surface area contributed by atoms with Crippen molar-refractivity contribution in [1.29, 1.82) is 5.26 Å². The number of hydrogen-bond donors (Lipinski definition) is 1. The van der Waals surface area contributed by atoms with Crippen molar-refractivity contribution in [2.24, 2.45) is 0 Å². The molecule has 2 aromatic carbocycles. The summed E-state index contributed by atoms with van der Waals surface area (Å²) >= 11 is 4.87. The summed E-state index contributed by atoms with van der Waals surface area (Å²) in [7, 11) is 0. The van der Waals surface area contributed by atoms with E-state index in [0.29, 0.717) is 5.56 Å². The van der Waals surface area contributed by atoms with Gasteiger partial charge >= 0.3 is 0 Å². The molecule has 0 heterocycles. The highest BCUT2D eigenvalue weighted by Crippen LogP contribution is 2.35. The first-order valence-electron chi connectivity index (χ1n) is 4.93. The highest BCUT2D eigenvalue weighted by Gasteiger charge is 2.08. The summed E-state index contributed by atoms with van der Waals surface area (Å²) in [5, 5.41) is 9.12. The second kappa shape index (κ2) is 5.26. The molecule has 0 radical (unpaired) electrons. The summed E-state index contributed by atoms with van der Waals surface area (Å²) in [4.78, 5) is 1.86. The number of nitrogens with two attached hydrogens (primary N) is 1. The standard InChI is InChI=1S/C13H9BrN2S/c14-10-4-3-7-12(9(10)8-15)17-13-6-2-1-5-11(13)16/h1-7H,16H2. The largest absolute Gasteiger partial charge is 0.398 e. The molecule has 0 aliphatic carbocycles. The zero-order chi connectivity index (χ0) is 12.3. The lowest BCUT2D eigenvalue weighted by Gasteiger charge is -2.07. The van der Waals surface area contributed by atoms with Gasteiger partial charge in [0.25, 0.3) is 0 Å². The maximum Gasteiger partial charge on any atom is 0.102 e. The molecule has 4 heteroatoms. The summed E-state index contributed by atoms with van der Waals surface area (Å²) in [5.41, 5.74) is 7.25. The number of benzene rings is 2. The van der Waals surface area contributed by atoms with E-state index in [2.05, 4.69) is 22.0 Å². The van der Waals surface area contributed by atoms with Gasteiger partial charge in [0.2, 0.25) is 0 Å². The van der Waals surface area contributed by atoms with E-state index in [4.69, 9.17) is 11.0 Å². The lowest BCUT2D eigenvalue weighted by molar-refractivity contribution is 1.33. The Morgan fingerprint density at radius 2 is 1.76 bits per heavy atom. The number of nitrogens with zero attached hydrogens (tertiary/aromatic N) is 1. The van der Waals surface area contributed by atoms with Gasteiger partial charge in [-0.3, -0.25) is 0 Å². The first kappa shape index (κ1) is 12.0. The number of hydrogen-bond acceptors (Lipinski definition) is 3. The van der Waals surface area contributed by atoms with E-state index in [1.165, 1.54) is 11.8 Å². The molecule has 0 spiro atoms. The minimum absolute atomic E-state index is 0.640. The van der Waals surface area contributed by atoms with Crippen LogP contribution in [0, 0.1) is 11.3 Å². The fraction of sp³-hybridized carbons (Fsp3) is 0. The van der Waals surface area contributed by atoms with Crippen LogP contribution in [-0.2, 0) is 0 Å². The summed E-state index contributed by atoms with van der Waals surface area (Å²) in [6, 6.07) is 15.5. The lowest BCUT2D eigenvalue weighted by atomic mass is 10.2. The van der Waals surface area contributed by atoms with Gasteiger partial charge in [-0.1, -0.05) is 30.0 Å². The Labute approximate surface area is 113 Å². The Morgan fingerprint density at radius 1 is 1.06 bits per heavy atom. The Hall–Kier alpha value is -1.44. The molecule has 0 fully saturated rings. The van der Waals surface area contributed by atoms with E-state index in [0.717, 1.165) is 20.0 Å². The van der Waals surface area contributed by atoms with Crippen molar-refractivity contribution in [3.63, 3.8) is 0 Å². The number of para-hydroxylation sites is 1. The fourth-order valence-corrected chi connectivity index (χ4v) is 2.95. The van der Waals surface area contributed by atoms with Crippen molar-refractivity contribution in [1.82, 2.24) is 0 Å². The second-order valence-electron chi connectivity index (χ2n) is 3.36. The molecule has 0 saturated heterocycles. The van der Waals surface area contributed by atoms with E-state index in [-0.39, 0.29) is 0 Å². The van der Waals surface area contributed by atoms with Crippen molar-refractivity contribution < 1.29 is 0 Å². The smallest absolute Gasteiger partial charge is 0.102 e. The van der Waals surface area contributed by atoms with E-state index in [1.54, 1.807) is 0 Å². The predicted octanol–water partition coefficient (Wildman–Crippen LogP) is 4.05. The topological polar surface area (TPSA) is 49.8 Å². The van der Waals surface area contributed by atoms with Crippen LogP contribution in [0.2, 0.25) is 0 Å². The molecule has 0 saturated carbocycles. The van der Waals surface area contributed by atoms with Gasteiger partial charge in [0.05, 0.1) is 5.56 Å². The Balaban J connectivity index is 2.41. The van der Waals surface area contributed by atoms with Crippen LogP contribution in [0.1, 0.15) is 5.56 Å². The monoisotopic (exact) mass is 304 g/mol. The highest BCUT2D eigenvalue weighted by atomic mass is 79.9. The first-order valence-corrected chi connectivity index (χ1v) is 6.54. The van der Waals surface area contributed by atoms with E-state index in [1.807, 2.05) is 42.5 Å². The Kier molecular flexibility index (Phi) is 3.72. The van der Waals surface area contributed by atoms with Crippen LogP contribution in [0.5, 0.6) is 0 Å². The van der Waals surface area contributed by atoms with Gasteiger partial charge in [-0.2, -0.15) is 5.26 Å². The molecule has 2 N–H and O–H groups in total. The van der Waals surface area contributed by atoms with Crippen LogP contribution < -0.4 is 5.73 Å². The number of anilines is 1. The zero-order valence-corrected chi connectivity index (χ0v) is 11.3. The van der Waals surface area contributed by atoms with Crippen LogP contribution in [0.4, 0.5) is 5.69 Å². The van der Waals surface area contributed by atoms with E-state index in [9.17, 15) is 0 Å². The molecule has 0 amide bonds. The van der Waals surface area contributed by atoms with Crippen molar-refractivity contribution in [2.75, 3.05) is 5.73 Å². The van der Waals surface area contributed by atoms with Crippen LogP contribution in [-0.4, -0.2) is 0 Å². The molecule has 0 unspecified atom stereocenters. The minimum atomic E-state index is 0.640. The number of halogens is 1. The molecule has 2 rings (SSSR count). The molecule has 2 nitrogen and oxygen atoms in total. The molecule has 0 aromatic heterocycles. The maximum absolute atomic E-state index is 9.12. The number of nitriles is 1. The van der Waals surface area contributed by atoms with Gasteiger partial charge in [0, 0.05) is 20.0 Å². The molecule has 0 aliphatic rings. The van der Waals surface area contributed by atoms with Crippen LogP contribution in [0.3, 0.4) is 0 Å². The molecule has 17 heavy (non-hydrogen) atoms. The number of nitrogen functional groups attached to an aromatic ring is 1. The summed E-state index contributed by atoms with van der Waals surface area (Å²) in [5.74, 6) is 0. The lowest BCUT2D eigenvalue weighted by Crippen LogP contribution is -1.88. The molecular formula is C13H9BrN2S. The quantitative estimate of drug-likeness (QED) is 0.851. The third-order valence-corrected chi connectivity index (χ3v) is 4.04. The normalized spacial score (nSPS) is 9.88. The first-order chi connectivity index (χ1) is 8.22. The van der Waals surface area contributed by atoms with Crippen LogP contribution in [0.25, 0.3) is 0 Å². The van der Waals surface area contributed by atoms with Crippen molar-refractivity contribution in [3.8, 4) is 6.07 Å². The van der Waals surface area contributed by atoms with Crippen LogP contribution >= 0.6 is 27.7 Å². The number of rotatable bonds is 2. The van der Waals surface area contributed by atoms with Gasteiger partial charge in [0.15, 0.2) is 0 Å². The summed E-state index contributed by atoms with van der Waals surface area (Å²) in [6.45, 7) is 0. The average Bonchev–Trinajstić information content (AvgIpc) is 2.32. The second-order valence-corrected chi connectivity index (χ2v) is 5.30. The van der Waals surface area contributed by atoms with E-state index >= 15 is 0 Å². The Bertz CT molecular complexity index is 590. The third-order valence-electron chi connectivity index (χ3n) is 2.23. The molecule has 0 bridgehead atoms. The zero-order valence-electron chi connectivity index (χ0n) is 8.85. The van der Waals surface area contributed by atoms with Crippen molar-refractivity contribution in [2.45, 2.75) is 9.79 Å². The van der Waals surface area contributed by atoms with Gasteiger partial charge in [-0.25, -0.2) is 0 Å². The van der Waals surface area contributed by atoms with Gasteiger partial charge in [-0.15, -0.1) is 0 Å². The molecule has 84 valence electrons. The van der Waals surface area contributed by atoms with Crippen molar-refractivity contribution >= 4 is 33.4 Å². The van der Waals surface area contributed by atoms with Crippen molar-refractivity contribution in [3.05, 3.63) is 52.5 Å². The molecule has 0 aliphatic heterocycles. The fourth-order valence-electron chi connectivity index (χ4n) is 1.39. The summed E-state index contributed by atoms with van der Waals surface area (Å²) in [6.07, 6.45) is 0. The molecule has 0 atom stereocenters. The predicted molar refractivity (Wildman–Crippen MR) is 73.8 cm³/mol. The SMILES string of the molecule is N#Cc1c(Br)cccc1Sc1ccccc1N. The maximum atomic E-state index is 9.12. The minimum Gasteiger partial charge on any atom is -0.398 e. The molecule has 2 aromatic rings.